The highest BCUT2D eigenvalue weighted by atomic mass is 35.5. The fourth-order valence-corrected chi connectivity index (χ4v) is 3.30. The lowest BCUT2D eigenvalue weighted by molar-refractivity contribution is -0.384. The van der Waals surface area contributed by atoms with Gasteiger partial charge in [-0.15, -0.1) is 0 Å². The molecule has 0 bridgehead atoms. The Morgan fingerprint density at radius 2 is 2.18 bits per heavy atom. The Kier molecular flexibility index (Phi) is 4.00. The number of benzene rings is 1. The molecule has 0 aliphatic rings. The molecule has 0 spiro atoms. The molecule has 1 aromatic carbocycles. The zero-order valence-corrected chi connectivity index (χ0v) is 13.1. The lowest BCUT2D eigenvalue weighted by Gasteiger charge is -2.05. The van der Waals surface area contributed by atoms with Crippen molar-refractivity contribution in [1.29, 1.82) is 0 Å². The lowest BCUT2D eigenvalue weighted by Crippen LogP contribution is -1.93. The first-order chi connectivity index (χ1) is 10.6. The summed E-state index contributed by atoms with van der Waals surface area (Å²) >= 11 is 7.33. The molecule has 0 unspecified atom stereocenters. The number of nitro benzene ring substituents is 1. The predicted molar refractivity (Wildman–Crippen MR) is 86.2 cm³/mol. The molecular weight excluding hydrogens is 324 g/mol. The lowest BCUT2D eigenvalue weighted by atomic mass is 10.2. The first kappa shape index (κ1) is 14.8. The molecule has 2 heterocycles. The molecule has 0 saturated heterocycles. The van der Waals surface area contributed by atoms with Crippen molar-refractivity contribution in [3.63, 3.8) is 0 Å². The maximum Gasteiger partial charge on any atom is 0.288 e. The van der Waals surface area contributed by atoms with Crippen LogP contribution in [0.5, 0.6) is 0 Å². The Morgan fingerprint density at radius 1 is 1.36 bits per heavy atom. The number of halogens is 1. The van der Waals surface area contributed by atoms with Crippen LogP contribution in [0.4, 0.5) is 5.69 Å². The molecule has 6 nitrogen and oxygen atoms in total. The summed E-state index contributed by atoms with van der Waals surface area (Å²) in [6, 6.07) is 6.69. The minimum absolute atomic E-state index is 0.0773. The number of aromatic nitrogens is 3. The van der Waals surface area contributed by atoms with E-state index in [0.29, 0.717) is 5.75 Å². The second-order valence-corrected chi connectivity index (χ2v) is 6.04. The SMILES string of the molecule is Cn1cnc2ccnc(SCc3ccc(Cl)c([N+](=O)[O-])c3)c21. The van der Waals surface area contributed by atoms with Gasteiger partial charge < -0.3 is 4.57 Å². The summed E-state index contributed by atoms with van der Waals surface area (Å²) in [5.74, 6) is 0.565. The van der Waals surface area contributed by atoms with Gasteiger partial charge in [0.05, 0.1) is 16.8 Å². The summed E-state index contributed by atoms with van der Waals surface area (Å²) in [6.07, 6.45) is 3.45. The standard InChI is InChI=1S/C14H11ClN4O2S/c1-18-8-17-11-4-5-16-14(13(11)18)22-7-9-2-3-10(15)12(6-9)19(20)21/h2-6,8H,7H2,1H3. The van der Waals surface area contributed by atoms with E-state index < -0.39 is 4.92 Å². The largest absolute Gasteiger partial charge is 0.332 e. The third-order valence-corrected chi connectivity index (χ3v) is 4.54. The summed E-state index contributed by atoms with van der Waals surface area (Å²) < 4.78 is 1.91. The van der Waals surface area contributed by atoms with Gasteiger partial charge in [0, 0.05) is 25.1 Å². The zero-order valence-electron chi connectivity index (χ0n) is 11.6. The Morgan fingerprint density at radius 3 is 2.95 bits per heavy atom. The summed E-state index contributed by atoms with van der Waals surface area (Å²) in [7, 11) is 1.91. The van der Waals surface area contributed by atoms with Crippen molar-refractivity contribution in [2.75, 3.05) is 0 Å². The highest BCUT2D eigenvalue weighted by Gasteiger charge is 2.14. The molecule has 0 amide bonds. The number of imidazole rings is 1. The van der Waals surface area contributed by atoms with Crippen molar-refractivity contribution >= 4 is 40.1 Å². The van der Waals surface area contributed by atoms with Gasteiger partial charge in [0.1, 0.15) is 15.6 Å². The van der Waals surface area contributed by atoms with Crippen molar-refractivity contribution in [3.8, 4) is 0 Å². The van der Waals surface area contributed by atoms with Crippen LogP contribution >= 0.6 is 23.4 Å². The molecule has 22 heavy (non-hydrogen) atoms. The Bertz CT molecular complexity index is 865. The van der Waals surface area contributed by atoms with Gasteiger partial charge in [-0.1, -0.05) is 29.4 Å². The second kappa shape index (κ2) is 5.94. The highest BCUT2D eigenvalue weighted by Crippen LogP contribution is 2.30. The maximum atomic E-state index is 10.9. The molecule has 0 N–H and O–H groups in total. The highest BCUT2D eigenvalue weighted by molar-refractivity contribution is 7.98. The Hall–Kier alpha value is -2.12. The van der Waals surface area contributed by atoms with Crippen molar-refractivity contribution < 1.29 is 4.92 Å². The molecule has 3 rings (SSSR count). The van der Waals surface area contributed by atoms with Crippen LogP contribution in [0.3, 0.4) is 0 Å². The predicted octanol–water partition coefficient (Wildman–Crippen LogP) is 3.82. The van der Waals surface area contributed by atoms with E-state index in [1.807, 2.05) is 17.7 Å². The number of thioether (sulfide) groups is 1. The number of hydrogen-bond acceptors (Lipinski definition) is 5. The Labute approximate surface area is 135 Å². The monoisotopic (exact) mass is 334 g/mol. The van der Waals surface area contributed by atoms with E-state index in [4.69, 9.17) is 11.6 Å². The van der Waals surface area contributed by atoms with Gasteiger partial charge in [-0.3, -0.25) is 10.1 Å². The average molecular weight is 335 g/mol. The Balaban J connectivity index is 1.87. The van der Waals surface area contributed by atoms with Crippen LogP contribution < -0.4 is 0 Å². The maximum absolute atomic E-state index is 10.9. The number of nitrogens with zero attached hydrogens (tertiary/aromatic N) is 4. The van der Waals surface area contributed by atoms with Crippen LogP contribution in [-0.4, -0.2) is 19.5 Å². The molecule has 0 fully saturated rings. The normalized spacial score (nSPS) is 11.0. The molecule has 0 aliphatic heterocycles. The van der Waals surface area contributed by atoms with Gasteiger partial charge in [-0.05, 0) is 17.7 Å². The summed E-state index contributed by atoms with van der Waals surface area (Å²) in [4.78, 5) is 19.1. The van der Waals surface area contributed by atoms with Gasteiger partial charge in [-0.25, -0.2) is 9.97 Å². The van der Waals surface area contributed by atoms with E-state index in [1.54, 1.807) is 24.7 Å². The molecule has 0 atom stereocenters. The third kappa shape index (κ3) is 2.77. The van der Waals surface area contributed by atoms with E-state index in [-0.39, 0.29) is 10.7 Å². The minimum atomic E-state index is -0.476. The molecule has 2 aromatic heterocycles. The molecule has 0 saturated carbocycles. The van der Waals surface area contributed by atoms with E-state index in [9.17, 15) is 10.1 Å². The number of pyridine rings is 1. The van der Waals surface area contributed by atoms with E-state index >= 15 is 0 Å². The number of aryl methyl sites for hydroxylation is 1. The average Bonchev–Trinajstić information content (AvgIpc) is 2.88. The van der Waals surface area contributed by atoms with Crippen LogP contribution in [0.25, 0.3) is 11.0 Å². The van der Waals surface area contributed by atoms with E-state index in [0.717, 1.165) is 21.6 Å². The molecular formula is C14H11ClN4O2S. The van der Waals surface area contributed by atoms with Crippen LogP contribution in [0, 0.1) is 10.1 Å². The topological polar surface area (TPSA) is 73.8 Å². The number of rotatable bonds is 4. The first-order valence-corrected chi connectivity index (χ1v) is 7.74. The summed E-state index contributed by atoms with van der Waals surface area (Å²) in [5.41, 5.74) is 2.58. The van der Waals surface area contributed by atoms with Gasteiger partial charge in [0.15, 0.2) is 0 Å². The molecule has 0 radical (unpaired) electrons. The summed E-state index contributed by atoms with van der Waals surface area (Å²) in [6.45, 7) is 0. The van der Waals surface area contributed by atoms with E-state index in [1.165, 1.54) is 17.8 Å². The van der Waals surface area contributed by atoms with Crippen molar-refractivity contribution in [2.24, 2.45) is 7.05 Å². The van der Waals surface area contributed by atoms with Crippen LogP contribution in [0.15, 0.2) is 41.8 Å². The number of nitro groups is 1. The zero-order chi connectivity index (χ0) is 15.7. The third-order valence-electron chi connectivity index (χ3n) is 3.17. The first-order valence-electron chi connectivity index (χ1n) is 6.38. The fraction of sp³-hybridized carbons (Fsp3) is 0.143. The van der Waals surface area contributed by atoms with Crippen molar-refractivity contribution in [1.82, 2.24) is 14.5 Å². The molecule has 112 valence electrons. The number of hydrogen-bond donors (Lipinski definition) is 0. The van der Waals surface area contributed by atoms with Gasteiger partial charge in [0.2, 0.25) is 0 Å². The quantitative estimate of drug-likeness (QED) is 0.412. The minimum Gasteiger partial charge on any atom is -0.332 e. The van der Waals surface area contributed by atoms with Crippen molar-refractivity contribution in [2.45, 2.75) is 10.8 Å². The van der Waals surface area contributed by atoms with Crippen molar-refractivity contribution in [3.05, 3.63) is 57.5 Å². The number of fused-ring (bicyclic) bond motifs is 1. The van der Waals surface area contributed by atoms with E-state index in [2.05, 4.69) is 9.97 Å². The fourth-order valence-electron chi connectivity index (χ4n) is 2.11. The molecule has 3 aromatic rings. The smallest absolute Gasteiger partial charge is 0.288 e. The molecule has 0 aliphatic carbocycles. The van der Waals surface area contributed by atoms with Gasteiger partial charge in [0.25, 0.3) is 5.69 Å². The van der Waals surface area contributed by atoms with Crippen LogP contribution in [-0.2, 0) is 12.8 Å². The second-order valence-electron chi connectivity index (χ2n) is 4.67. The molecule has 8 heteroatoms. The van der Waals surface area contributed by atoms with Crippen LogP contribution in [0.2, 0.25) is 5.02 Å². The van der Waals surface area contributed by atoms with Crippen LogP contribution in [0.1, 0.15) is 5.56 Å². The summed E-state index contributed by atoms with van der Waals surface area (Å²) in [5, 5.41) is 11.9. The van der Waals surface area contributed by atoms with Gasteiger partial charge in [-0.2, -0.15) is 0 Å². The van der Waals surface area contributed by atoms with Gasteiger partial charge >= 0.3 is 0 Å².